The zero-order chi connectivity index (χ0) is 38.7. The molecule has 0 spiro atoms. The van der Waals surface area contributed by atoms with Crippen molar-refractivity contribution in [1.82, 2.24) is 19.9 Å². The standard InChI is InChI=1S/C17H13ClFN3O3.C15H11ClFN3O2/c1-9(23)25-16-6-11-14(7-15(16)24-2)20-8-21-17(11)22-10-3-4-13(19)12(18)5-10;1-22-14-6-12-9(5-13(14)21)15(19-7-18-12)20-8-2-3-11(17)10(16)4-8/h3-8H,1-2H3,(H,20,21,22);2-7,21H,1H3,(H,18,19,20)/i2D3;1D3. The van der Waals surface area contributed by atoms with Crippen LogP contribution in [0.4, 0.5) is 31.8 Å². The van der Waals surface area contributed by atoms with Crippen LogP contribution in [0, 0.1) is 11.6 Å². The van der Waals surface area contributed by atoms with Crippen molar-refractivity contribution >= 4 is 74.0 Å². The van der Waals surface area contributed by atoms with Gasteiger partial charge in [0, 0.05) is 41.2 Å². The number of fused-ring (bicyclic) bond motifs is 2. The smallest absolute Gasteiger partial charge is 0.308 e. The van der Waals surface area contributed by atoms with Gasteiger partial charge in [0.1, 0.15) is 35.9 Å². The molecular weight excluding hydrogens is 657 g/mol. The van der Waals surface area contributed by atoms with Gasteiger partial charge in [-0.2, -0.15) is 0 Å². The predicted molar refractivity (Wildman–Crippen MR) is 175 cm³/mol. The number of nitrogens with one attached hydrogen (secondary N) is 2. The van der Waals surface area contributed by atoms with Gasteiger partial charge < -0.3 is 30.0 Å². The van der Waals surface area contributed by atoms with Gasteiger partial charge in [-0.05, 0) is 48.5 Å². The van der Waals surface area contributed by atoms with Gasteiger partial charge in [-0.1, -0.05) is 23.2 Å². The number of carbonyl (C=O) groups excluding carboxylic acids is 1. The van der Waals surface area contributed by atoms with Crippen LogP contribution in [0.25, 0.3) is 21.8 Å². The van der Waals surface area contributed by atoms with Crippen LogP contribution in [0.2, 0.25) is 10.0 Å². The highest BCUT2D eigenvalue weighted by atomic mass is 35.5. The monoisotopic (exact) mass is 686 g/mol. The number of phenolic OH excluding ortho intramolecular Hbond substituents is 1. The molecule has 0 aliphatic rings. The summed E-state index contributed by atoms with van der Waals surface area (Å²) in [5.41, 5.74) is 1.63. The average Bonchev–Trinajstić information content (AvgIpc) is 3.05. The van der Waals surface area contributed by atoms with Crippen molar-refractivity contribution in [3.8, 4) is 23.0 Å². The summed E-state index contributed by atoms with van der Waals surface area (Å²) in [5, 5.41) is 16.6. The maximum Gasteiger partial charge on any atom is 0.308 e. The van der Waals surface area contributed by atoms with Crippen LogP contribution in [-0.4, -0.2) is 45.1 Å². The van der Waals surface area contributed by atoms with E-state index in [4.69, 9.17) is 45.6 Å². The fourth-order valence-electron chi connectivity index (χ4n) is 4.15. The minimum absolute atomic E-state index is 0.0560. The van der Waals surface area contributed by atoms with E-state index in [-0.39, 0.29) is 33.0 Å². The molecule has 6 rings (SSSR count). The molecule has 0 aliphatic heterocycles. The first-order valence-corrected chi connectivity index (χ1v) is 13.9. The molecule has 0 unspecified atom stereocenters. The third-order valence-electron chi connectivity index (χ3n) is 6.26. The normalized spacial score (nSPS) is 13.0. The zero-order valence-electron chi connectivity index (χ0n) is 29.8. The van der Waals surface area contributed by atoms with Crippen LogP contribution in [0.15, 0.2) is 73.3 Å². The van der Waals surface area contributed by atoms with Gasteiger partial charge in [-0.25, -0.2) is 28.7 Å². The van der Waals surface area contributed by atoms with E-state index in [9.17, 15) is 18.7 Å². The summed E-state index contributed by atoms with van der Waals surface area (Å²) in [6.07, 6.45) is 2.51. The van der Waals surface area contributed by atoms with Gasteiger partial charge in [-0.15, -0.1) is 0 Å². The Morgan fingerprint density at radius 3 is 1.77 bits per heavy atom. The van der Waals surface area contributed by atoms with E-state index in [1.807, 2.05) is 0 Å². The number of nitrogens with zero attached hydrogens (tertiary/aromatic N) is 4. The van der Waals surface area contributed by atoms with E-state index >= 15 is 0 Å². The lowest BCUT2D eigenvalue weighted by atomic mass is 10.2. The van der Waals surface area contributed by atoms with Gasteiger partial charge >= 0.3 is 5.97 Å². The van der Waals surface area contributed by atoms with Crippen LogP contribution in [0.1, 0.15) is 15.1 Å². The topological polar surface area (TPSA) is 141 Å². The molecule has 47 heavy (non-hydrogen) atoms. The lowest BCUT2D eigenvalue weighted by Gasteiger charge is -2.12. The van der Waals surface area contributed by atoms with Crippen molar-refractivity contribution in [2.45, 2.75) is 6.92 Å². The van der Waals surface area contributed by atoms with E-state index in [0.29, 0.717) is 44.8 Å². The molecule has 0 aliphatic carbocycles. The molecule has 0 radical (unpaired) electrons. The Morgan fingerprint density at radius 2 is 1.26 bits per heavy atom. The number of hydrogen-bond acceptors (Lipinski definition) is 11. The fourth-order valence-corrected chi connectivity index (χ4v) is 4.51. The van der Waals surface area contributed by atoms with Crippen LogP contribution in [0.3, 0.4) is 0 Å². The first-order valence-electron chi connectivity index (χ1n) is 16.1. The number of methoxy groups -OCH3 is 2. The molecule has 0 saturated heterocycles. The molecule has 15 heteroatoms. The summed E-state index contributed by atoms with van der Waals surface area (Å²) in [5.74, 6) is -2.02. The number of anilines is 4. The maximum absolute atomic E-state index is 13.4. The number of halogens is 4. The summed E-state index contributed by atoms with van der Waals surface area (Å²) >= 11 is 11.5. The van der Waals surface area contributed by atoms with Gasteiger partial charge in [-0.3, -0.25) is 4.79 Å². The van der Waals surface area contributed by atoms with Gasteiger partial charge in [0.25, 0.3) is 0 Å². The molecule has 2 aromatic heterocycles. The highest BCUT2D eigenvalue weighted by molar-refractivity contribution is 6.31. The molecule has 0 saturated carbocycles. The number of ether oxygens (including phenoxy) is 3. The van der Waals surface area contributed by atoms with Gasteiger partial charge in [0.05, 0.1) is 43.4 Å². The predicted octanol–water partition coefficient (Wildman–Crippen LogP) is 7.98. The molecule has 240 valence electrons. The summed E-state index contributed by atoms with van der Waals surface area (Å²) < 4.78 is 84.5. The fraction of sp³-hybridized carbons (Fsp3) is 0.0938. The van der Waals surface area contributed by atoms with Crippen molar-refractivity contribution < 1.29 is 41.1 Å². The van der Waals surface area contributed by atoms with Gasteiger partial charge in [0.2, 0.25) is 0 Å². The first kappa shape index (κ1) is 25.6. The molecule has 2 heterocycles. The third kappa shape index (κ3) is 7.65. The van der Waals surface area contributed by atoms with E-state index in [0.717, 1.165) is 0 Å². The first-order chi connectivity index (χ1) is 24.8. The average molecular weight is 688 g/mol. The number of aromatic nitrogens is 4. The van der Waals surface area contributed by atoms with E-state index < -0.39 is 31.7 Å². The number of aromatic hydroxyl groups is 1. The Bertz CT molecular complexity index is 2340. The Hall–Kier alpha value is -5.53. The highest BCUT2D eigenvalue weighted by Gasteiger charge is 2.14. The van der Waals surface area contributed by atoms with Crippen molar-refractivity contribution in [3.63, 3.8) is 0 Å². The molecule has 3 N–H and O–H groups in total. The number of rotatable bonds is 7. The Kier molecular flexibility index (Phi) is 7.78. The molecule has 4 aromatic carbocycles. The van der Waals surface area contributed by atoms with E-state index in [2.05, 4.69) is 30.6 Å². The zero-order valence-corrected chi connectivity index (χ0v) is 25.3. The summed E-state index contributed by atoms with van der Waals surface area (Å²) in [6.45, 7) is 1.17. The van der Waals surface area contributed by atoms with Crippen LogP contribution in [0.5, 0.6) is 23.0 Å². The second-order valence-corrected chi connectivity index (χ2v) is 10.2. The van der Waals surface area contributed by atoms with Crippen molar-refractivity contribution in [2.75, 3.05) is 24.7 Å². The second-order valence-electron chi connectivity index (χ2n) is 9.40. The minimum Gasteiger partial charge on any atom is -0.504 e. The molecule has 0 fully saturated rings. The van der Waals surface area contributed by atoms with E-state index in [1.54, 1.807) is 0 Å². The Morgan fingerprint density at radius 1 is 0.745 bits per heavy atom. The second kappa shape index (κ2) is 14.3. The van der Waals surface area contributed by atoms with Crippen molar-refractivity contribution in [1.29, 1.82) is 0 Å². The molecular formula is C32H24Cl2F2N6O5. The molecule has 6 aromatic rings. The van der Waals surface area contributed by atoms with Crippen LogP contribution >= 0.6 is 23.2 Å². The van der Waals surface area contributed by atoms with Crippen molar-refractivity contribution in [2.24, 2.45) is 0 Å². The Balaban J connectivity index is 0.000000206. The van der Waals surface area contributed by atoms with Crippen LogP contribution in [-0.2, 0) is 4.79 Å². The number of esters is 1. The lowest BCUT2D eigenvalue weighted by molar-refractivity contribution is -0.132. The van der Waals surface area contributed by atoms with Crippen molar-refractivity contribution in [3.05, 3.63) is 95.0 Å². The quantitative estimate of drug-likeness (QED) is 0.111. The van der Waals surface area contributed by atoms with Crippen LogP contribution < -0.4 is 24.8 Å². The lowest BCUT2D eigenvalue weighted by Crippen LogP contribution is -2.04. The summed E-state index contributed by atoms with van der Waals surface area (Å²) in [4.78, 5) is 27.7. The molecule has 0 atom stereocenters. The maximum atomic E-state index is 13.4. The number of phenols is 1. The third-order valence-corrected chi connectivity index (χ3v) is 6.83. The Labute approximate surface area is 284 Å². The minimum atomic E-state index is -2.75. The number of benzene rings is 4. The molecule has 0 bridgehead atoms. The molecule has 11 nitrogen and oxygen atoms in total. The van der Waals surface area contributed by atoms with Gasteiger partial charge in [0.15, 0.2) is 23.0 Å². The number of carbonyl (C=O) groups is 1. The van der Waals surface area contributed by atoms with E-state index in [1.165, 1.54) is 80.2 Å². The number of hydrogen-bond donors (Lipinski definition) is 3. The highest BCUT2D eigenvalue weighted by Crippen LogP contribution is 2.36. The summed E-state index contributed by atoms with van der Waals surface area (Å²) in [7, 11) is -5.45. The summed E-state index contributed by atoms with van der Waals surface area (Å²) in [6, 6.07) is 13.4. The largest absolute Gasteiger partial charge is 0.504 e. The molecule has 0 amide bonds. The SMILES string of the molecule is [2H]C([2H])([2H])Oc1cc2ncnc(Nc3ccc(F)c(Cl)c3)c2cc1O.[2H]C([2H])([2H])Oc1cc2ncnc(Nc3ccc(F)c(Cl)c3)c2cc1OC(C)=O.